The summed E-state index contributed by atoms with van der Waals surface area (Å²) in [5.74, 6) is 0.895. The Kier molecular flexibility index (Phi) is 5.14. The Hall–Kier alpha value is -3.27. The number of anilines is 1. The Labute approximate surface area is 182 Å². The lowest BCUT2D eigenvalue weighted by atomic mass is 9.99. The van der Waals surface area contributed by atoms with Gasteiger partial charge >= 0.3 is 0 Å². The van der Waals surface area contributed by atoms with E-state index in [1.807, 2.05) is 37.3 Å². The van der Waals surface area contributed by atoms with Crippen molar-refractivity contribution in [2.24, 2.45) is 5.92 Å². The second-order valence-corrected chi connectivity index (χ2v) is 8.79. The van der Waals surface area contributed by atoms with Gasteiger partial charge in [-0.2, -0.15) is 0 Å². The molecule has 0 spiro atoms. The lowest BCUT2D eigenvalue weighted by molar-refractivity contribution is 0.0914. The highest BCUT2D eigenvalue weighted by molar-refractivity contribution is 6.08. The lowest BCUT2D eigenvalue weighted by Gasteiger charge is -2.33. The fourth-order valence-corrected chi connectivity index (χ4v) is 4.65. The number of carbonyl (C=O) groups is 1. The summed E-state index contributed by atoms with van der Waals surface area (Å²) in [6, 6.07) is 22.4. The van der Waals surface area contributed by atoms with E-state index >= 15 is 0 Å². The molecule has 1 saturated heterocycles. The molecule has 1 aromatic heterocycles. The first kappa shape index (κ1) is 19.7. The highest BCUT2D eigenvalue weighted by atomic mass is 16.3. The van der Waals surface area contributed by atoms with Crippen LogP contribution in [-0.4, -0.2) is 19.0 Å². The Morgan fingerprint density at radius 1 is 1.06 bits per heavy atom. The number of hydrogen-bond acceptors (Lipinski definition) is 3. The molecule has 4 nitrogen and oxygen atoms in total. The van der Waals surface area contributed by atoms with Crippen LogP contribution in [0.1, 0.15) is 48.8 Å². The Bertz CT molecular complexity index is 1230. The zero-order valence-electron chi connectivity index (χ0n) is 18.1. The van der Waals surface area contributed by atoms with Gasteiger partial charge in [-0.25, -0.2) is 0 Å². The summed E-state index contributed by atoms with van der Waals surface area (Å²) in [6.45, 7) is 6.57. The van der Waals surface area contributed by atoms with Crippen LogP contribution in [0.4, 0.5) is 5.69 Å². The smallest absolute Gasteiger partial charge is 0.287 e. The molecule has 0 bridgehead atoms. The molecular formula is C27H28N2O2. The van der Waals surface area contributed by atoms with Crippen molar-refractivity contribution in [1.82, 2.24) is 5.32 Å². The molecule has 1 aliphatic heterocycles. The number of benzene rings is 3. The van der Waals surface area contributed by atoms with E-state index in [4.69, 9.17) is 4.42 Å². The van der Waals surface area contributed by atoms with Crippen LogP contribution >= 0.6 is 0 Å². The quantitative estimate of drug-likeness (QED) is 0.427. The molecule has 1 N–H and O–H groups in total. The van der Waals surface area contributed by atoms with Crippen molar-refractivity contribution in [2.45, 2.75) is 32.7 Å². The molecule has 0 saturated carbocycles. The van der Waals surface area contributed by atoms with Gasteiger partial charge in [-0.15, -0.1) is 0 Å². The zero-order valence-corrected chi connectivity index (χ0v) is 18.1. The van der Waals surface area contributed by atoms with Crippen molar-refractivity contribution in [3.05, 3.63) is 78.1 Å². The number of amides is 1. The molecule has 2 atom stereocenters. The van der Waals surface area contributed by atoms with Gasteiger partial charge in [0.15, 0.2) is 5.76 Å². The van der Waals surface area contributed by atoms with Gasteiger partial charge in [0, 0.05) is 24.2 Å². The minimum Gasteiger partial charge on any atom is -0.451 e. The third-order valence-corrected chi connectivity index (χ3v) is 6.41. The fraction of sp³-hybridized carbons (Fsp3) is 0.296. The second kappa shape index (κ2) is 8.10. The topological polar surface area (TPSA) is 45.5 Å². The number of piperidine rings is 1. The fourth-order valence-electron chi connectivity index (χ4n) is 4.65. The normalized spacial score (nSPS) is 17.7. The molecule has 0 radical (unpaired) electrons. The zero-order chi connectivity index (χ0) is 21.4. The van der Waals surface area contributed by atoms with Crippen LogP contribution in [0.5, 0.6) is 0 Å². The van der Waals surface area contributed by atoms with Gasteiger partial charge in [-0.1, -0.05) is 49.4 Å². The summed E-state index contributed by atoms with van der Waals surface area (Å²) in [7, 11) is 0. The first-order chi connectivity index (χ1) is 15.1. The number of nitrogens with zero attached hydrogens (tertiary/aromatic N) is 1. The summed E-state index contributed by atoms with van der Waals surface area (Å²) in [5, 5.41) is 6.28. The molecule has 5 rings (SSSR count). The van der Waals surface area contributed by atoms with Crippen molar-refractivity contribution in [2.75, 3.05) is 18.0 Å². The minimum absolute atomic E-state index is 0.105. The van der Waals surface area contributed by atoms with Crippen molar-refractivity contribution >= 4 is 33.3 Å². The van der Waals surface area contributed by atoms with Crippen LogP contribution in [0.25, 0.3) is 21.7 Å². The number of furan rings is 1. The number of carbonyl (C=O) groups excluding carboxylic acids is 1. The van der Waals surface area contributed by atoms with Gasteiger partial charge in [0.05, 0.1) is 6.04 Å². The summed E-state index contributed by atoms with van der Waals surface area (Å²) in [5.41, 5.74) is 3.08. The highest BCUT2D eigenvalue weighted by Crippen LogP contribution is 2.29. The maximum atomic E-state index is 12.9. The monoisotopic (exact) mass is 412 g/mol. The number of rotatable bonds is 4. The van der Waals surface area contributed by atoms with E-state index in [-0.39, 0.29) is 11.9 Å². The van der Waals surface area contributed by atoms with Gasteiger partial charge in [0.2, 0.25) is 0 Å². The molecule has 158 valence electrons. The van der Waals surface area contributed by atoms with E-state index in [2.05, 4.69) is 53.5 Å². The van der Waals surface area contributed by atoms with E-state index in [1.165, 1.54) is 18.5 Å². The lowest BCUT2D eigenvalue weighted by Crippen LogP contribution is -2.34. The van der Waals surface area contributed by atoms with E-state index in [1.54, 1.807) is 0 Å². The average molecular weight is 413 g/mol. The third kappa shape index (κ3) is 3.90. The predicted octanol–water partition coefficient (Wildman–Crippen LogP) is 6.31. The first-order valence-electron chi connectivity index (χ1n) is 11.2. The Morgan fingerprint density at radius 3 is 2.68 bits per heavy atom. The number of fused-ring (bicyclic) bond motifs is 3. The molecule has 31 heavy (non-hydrogen) atoms. The number of hydrogen-bond donors (Lipinski definition) is 1. The first-order valence-corrected chi connectivity index (χ1v) is 11.2. The van der Waals surface area contributed by atoms with Gasteiger partial charge in [0.25, 0.3) is 5.91 Å². The van der Waals surface area contributed by atoms with E-state index in [0.717, 1.165) is 46.3 Å². The summed E-state index contributed by atoms with van der Waals surface area (Å²) in [6.07, 6.45) is 2.57. The SMILES string of the molecule is CC1CCCN(c2ccc(C(C)NC(=O)c3cc4c(ccc5ccccc54)o3)cc2)C1. The molecule has 0 aliphatic carbocycles. The second-order valence-electron chi connectivity index (χ2n) is 8.79. The molecule has 3 aromatic carbocycles. The molecule has 1 aliphatic rings. The van der Waals surface area contributed by atoms with Crippen molar-refractivity contribution in [3.63, 3.8) is 0 Å². The molecule has 4 aromatic rings. The van der Waals surface area contributed by atoms with Crippen LogP contribution in [0.15, 0.2) is 71.1 Å². The number of nitrogens with one attached hydrogen (secondary N) is 1. The summed E-state index contributed by atoms with van der Waals surface area (Å²) < 4.78 is 5.86. The maximum absolute atomic E-state index is 12.9. The predicted molar refractivity (Wildman–Crippen MR) is 127 cm³/mol. The van der Waals surface area contributed by atoms with E-state index < -0.39 is 0 Å². The molecule has 2 unspecified atom stereocenters. The van der Waals surface area contributed by atoms with Gasteiger partial charge in [-0.3, -0.25) is 4.79 Å². The van der Waals surface area contributed by atoms with Crippen LogP contribution < -0.4 is 10.2 Å². The molecule has 1 amide bonds. The Balaban J connectivity index is 1.31. The van der Waals surface area contributed by atoms with Gasteiger partial charge in [0.1, 0.15) is 5.58 Å². The largest absolute Gasteiger partial charge is 0.451 e. The van der Waals surface area contributed by atoms with Crippen LogP contribution in [0.3, 0.4) is 0 Å². The van der Waals surface area contributed by atoms with Crippen LogP contribution in [0, 0.1) is 5.92 Å². The summed E-state index contributed by atoms with van der Waals surface area (Å²) >= 11 is 0. The van der Waals surface area contributed by atoms with Crippen LogP contribution in [-0.2, 0) is 0 Å². The highest BCUT2D eigenvalue weighted by Gasteiger charge is 2.19. The van der Waals surface area contributed by atoms with Crippen LogP contribution in [0.2, 0.25) is 0 Å². The van der Waals surface area contributed by atoms with Gasteiger partial charge in [-0.05, 0) is 66.3 Å². The molecule has 4 heteroatoms. The van der Waals surface area contributed by atoms with Crippen molar-refractivity contribution in [1.29, 1.82) is 0 Å². The van der Waals surface area contributed by atoms with E-state index in [9.17, 15) is 4.79 Å². The standard InChI is InChI=1S/C27H28N2O2/c1-18-6-5-15-29(17-18)22-12-9-20(10-13-22)19(2)28-27(30)26-16-24-23-8-4-3-7-21(23)11-14-25(24)31-26/h3-4,7-14,16,18-19H,5-6,15,17H2,1-2H3,(H,28,30). The summed E-state index contributed by atoms with van der Waals surface area (Å²) in [4.78, 5) is 15.3. The average Bonchev–Trinajstić information content (AvgIpc) is 3.24. The van der Waals surface area contributed by atoms with E-state index in [0.29, 0.717) is 5.76 Å². The van der Waals surface area contributed by atoms with Gasteiger partial charge < -0.3 is 14.6 Å². The van der Waals surface area contributed by atoms with Crippen molar-refractivity contribution < 1.29 is 9.21 Å². The maximum Gasteiger partial charge on any atom is 0.287 e. The third-order valence-electron chi connectivity index (χ3n) is 6.41. The molecule has 1 fully saturated rings. The molecular weight excluding hydrogens is 384 g/mol. The van der Waals surface area contributed by atoms with Crippen molar-refractivity contribution in [3.8, 4) is 0 Å². The molecule has 2 heterocycles. The Morgan fingerprint density at radius 2 is 1.87 bits per heavy atom. The minimum atomic E-state index is -0.193.